The third-order valence-corrected chi connectivity index (χ3v) is 6.99. The van der Waals surface area contributed by atoms with Crippen molar-refractivity contribution in [3.63, 3.8) is 0 Å². The first-order valence-corrected chi connectivity index (χ1v) is 13.0. The molecule has 0 aromatic heterocycles. The van der Waals surface area contributed by atoms with E-state index in [-0.39, 0.29) is 5.75 Å². The van der Waals surface area contributed by atoms with E-state index in [2.05, 4.69) is 60.8 Å². The van der Waals surface area contributed by atoms with Crippen LogP contribution in [0.3, 0.4) is 0 Å². The molecule has 2 aliphatic heterocycles. The Bertz CT molecular complexity index is 1150. The minimum absolute atomic E-state index is 0.301. The van der Waals surface area contributed by atoms with Crippen molar-refractivity contribution in [1.82, 2.24) is 20.0 Å². The number of aliphatic imine (C=N–C) groups is 1. The molecule has 2 fully saturated rings. The fraction of sp³-hybridized carbons (Fsp3) is 0.433. The zero-order valence-electron chi connectivity index (χ0n) is 23.2. The lowest BCUT2D eigenvalue weighted by atomic mass is 10.1. The molecule has 0 aliphatic carbocycles. The molecule has 200 valence electrons. The Kier molecular flexibility index (Phi) is 9.75. The van der Waals surface area contributed by atoms with Crippen LogP contribution in [0.15, 0.2) is 76.2 Å². The Morgan fingerprint density at radius 2 is 1.81 bits per heavy atom. The number of allylic oxidation sites excluding steroid dienone is 5. The number of phenolic OH excluding ortho intramolecular Hbond substituents is 1. The molecule has 0 unspecified atom stereocenters. The molecule has 1 aromatic rings. The Labute approximate surface area is 221 Å². The van der Waals surface area contributed by atoms with Crippen LogP contribution in [-0.2, 0) is 6.54 Å². The fourth-order valence-corrected chi connectivity index (χ4v) is 4.65. The number of benzene rings is 1. The van der Waals surface area contributed by atoms with Crippen molar-refractivity contribution in [2.75, 3.05) is 46.3 Å². The van der Waals surface area contributed by atoms with Gasteiger partial charge in [-0.1, -0.05) is 36.4 Å². The number of aryl methyl sites for hydroxylation is 1. The number of halogens is 1. The van der Waals surface area contributed by atoms with Crippen LogP contribution >= 0.6 is 0 Å². The van der Waals surface area contributed by atoms with Gasteiger partial charge in [0.25, 0.3) is 0 Å². The van der Waals surface area contributed by atoms with Crippen LogP contribution in [0.5, 0.6) is 5.75 Å². The minimum Gasteiger partial charge on any atom is -0.505 e. The van der Waals surface area contributed by atoms with Gasteiger partial charge in [-0.25, -0.2) is 9.38 Å². The standard InChI is InChI=1S/C30H42FN5O/c1-8-24(11-13-28(21(3)4)35-18-16-34(7)17-19-35)27(9-2)33-30-23(6)32-14-15-36(30)20-25-22(5)10-12-26(31)29(25)37/h8-13,32,37H,6,14-20H2,1-5,7H3/b13-11-,24-8+,27-9-,33-30?. The lowest BCUT2D eigenvalue weighted by molar-refractivity contribution is 0.189. The van der Waals surface area contributed by atoms with Gasteiger partial charge in [-0.2, -0.15) is 0 Å². The highest BCUT2D eigenvalue weighted by atomic mass is 19.1. The van der Waals surface area contributed by atoms with Crippen molar-refractivity contribution in [3.8, 4) is 5.75 Å². The monoisotopic (exact) mass is 507 g/mol. The minimum atomic E-state index is -0.612. The number of likely N-dealkylation sites (N-methyl/N-ethyl adjacent to an activating group) is 1. The number of piperazine rings is 2. The largest absolute Gasteiger partial charge is 0.505 e. The van der Waals surface area contributed by atoms with Crippen molar-refractivity contribution in [2.45, 2.75) is 41.2 Å². The zero-order valence-corrected chi connectivity index (χ0v) is 23.2. The van der Waals surface area contributed by atoms with E-state index in [4.69, 9.17) is 4.99 Å². The molecule has 0 atom stereocenters. The van der Waals surface area contributed by atoms with Crippen molar-refractivity contribution in [3.05, 3.63) is 88.2 Å². The predicted molar refractivity (Wildman–Crippen MR) is 152 cm³/mol. The summed E-state index contributed by atoms with van der Waals surface area (Å²) in [6.07, 6.45) is 8.38. The number of aromatic hydroxyl groups is 1. The summed E-state index contributed by atoms with van der Waals surface area (Å²) in [4.78, 5) is 11.9. The molecule has 0 radical (unpaired) electrons. The van der Waals surface area contributed by atoms with Crippen LogP contribution in [0.4, 0.5) is 4.39 Å². The number of phenols is 1. The molecule has 1 aromatic carbocycles. The molecular weight excluding hydrogens is 465 g/mol. The second kappa shape index (κ2) is 12.8. The van der Waals surface area contributed by atoms with E-state index in [1.807, 2.05) is 31.7 Å². The van der Waals surface area contributed by atoms with Gasteiger partial charge < -0.3 is 25.1 Å². The molecule has 0 bridgehead atoms. The first-order chi connectivity index (χ1) is 17.7. The summed E-state index contributed by atoms with van der Waals surface area (Å²) in [5, 5.41) is 13.7. The number of hydrogen-bond donors (Lipinski definition) is 2. The number of nitrogens with zero attached hydrogens (tertiary/aromatic N) is 4. The summed E-state index contributed by atoms with van der Waals surface area (Å²) in [7, 11) is 2.17. The van der Waals surface area contributed by atoms with Gasteiger partial charge in [-0.3, -0.25) is 0 Å². The van der Waals surface area contributed by atoms with E-state index in [1.54, 1.807) is 6.07 Å². The maximum atomic E-state index is 14.1. The van der Waals surface area contributed by atoms with E-state index in [0.717, 1.165) is 43.0 Å². The molecule has 7 heteroatoms. The highest BCUT2D eigenvalue weighted by molar-refractivity contribution is 5.98. The van der Waals surface area contributed by atoms with Gasteiger partial charge in [-0.15, -0.1) is 0 Å². The van der Waals surface area contributed by atoms with E-state index in [1.165, 1.54) is 17.3 Å². The first kappa shape index (κ1) is 28.3. The lowest BCUT2D eigenvalue weighted by Crippen LogP contribution is -2.45. The van der Waals surface area contributed by atoms with Gasteiger partial charge in [-0.05, 0) is 64.9 Å². The highest BCUT2D eigenvalue weighted by Crippen LogP contribution is 2.27. The summed E-state index contributed by atoms with van der Waals surface area (Å²) >= 11 is 0. The average molecular weight is 508 g/mol. The Morgan fingerprint density at radius 1 is 1.11 bits per heavy atom. The van der Waals surface area contributed by atoms with Crippen molar-refractivity contribution < 1.29 is 9.50 Å². The number of amidine groups is 1. The first-order valence-electron chi connectivity index (χ1n) is 13.0. The summed E-state index contributed by atoms with van der Waals surface area (Å²) < 4.78 is 14.1. The summed E-state index contributed by atoms with van der Waals surface area (Å²) in [5.41, 5.74) is 6.48. The molecule has 0 spiro atoms. The molecule has 2 N–H and O–H groups in total. The van der Waals surface area contributed by atoms with Crippen LogP contribution in [0.25, 0.3) is 0 Å². The lowest BCUT2D eigenvalue weighted by Gasteiger charge is -2.35. The van der Waals surface area contributed by atoms with Gasteiger partial charge in [0.15, 0.2) is 17.4 Å². The molecule has 2 heterocycles. The molecule has 2 aliphatic rings. The maximum Gasteiger partial charge on any atom is 0.165 e. The van der Waals surface area contributed by atoms with E-state index >= 15 is 0 Å². The Balaban J connectivity index is 1.89. The molecule has 0 amide bonds. The molecule has 2 saturated heterocycles. The second-order valence-electron chi connectivity index (χ2n) is 9.88. The van der Waals surface area contributed by atoms with Crippen molar-refractivity contribution >= 4 is 5.84 Å². The smallest absolute Gasteiger partial charge is 0.165 e. The van der Waals surface area contributed by atoms with Crippen LogP contribution < -0.4 is 5.32 Å². The Hall–Kier alpha value is -3.32. The van der Waals surface area contributed by atoms with Crippen LogP contribution in [0.2, 0.25) is 0 Å². The summed E-state index contributed by atoms with van der Waals surface area (Å²) in [5.74, 6) is -0.222. The number of rotatable bonds is 7. The van der Waals surface area contributed by atoms with Crippen LogP contribution in [-0.4, -0.2) is 72.0 Å². The fourth-order valence-electron chi connectivity index (χ4n) is 4.65. The van der Waals surface area contributed by atoms with Crippen molar-refractivity contribution in [2.24, 2.45) is 4.99 Å². The zero-order chi connectivity index (χ0) is 27.1. The molecular formula is C30H42FN5O. The molecule has 3 rings (SSSR count). The van der Waals surface area contributed by atoms with Crippen LogP contribution in [0, 0.1) is 12.7 Å². The maximum absolute atomic E-state index is 14.1. The topological polar surface area (TPSA) is 54.3 Å². The molecule has 37 heavy (non-hydrogen) atoms. The number of nitrogens with one attached hydrogen (secondary N) is 1. The van der Waals surface area contributed by atoms with Gasteiger partial charge in [0.05, 0.1) is 11.4 Å². The molecule has 6 nitrogen and oxygen atoms in total. The quantitative estimate of drug-likeness (QED) is 0.503. The SMILES string of the molecule is C=C1NCCN(Cc2c(C)ccc(F)c2O)C1=NC(=C\C)/C(/C=C\C(=C(C)C)N1CCN(C)CC1)=C/C. The van der Waals surface area contributed by atoms with Gasteiger partial charge in [0.1, 0.15) is 0 Å². The third kappa shape index (κ3) is 6.92. The predicted octanol–water partition coefficient (Wildman–Crippen LogP) is 5.10. The highest BCUT2D eigenvalue weighted by Gasteiger charge is 2.23. The van der Waals surface area contributed by atoms with Gasteiger partial charge in [0.2, 0.25) is 0 Å². The summed E-state index contributed by atoms with van der Waals surface area (Å²) in [6.45, 7) is 20.2. The average Bonchev–Trinajstić information content (AvgIpc) is 2.87. The van der Waals surface area contributed by atoms with E-state index in [0.29, 0.717) is 36.7 Å². The van der Waals surface area contributed by atoms with E-state index < -0.39 is 5.82 Å². The van der Waals surface area contributed by atoms with Crippen LogP contribution in [0.1, 0.15) is 38.8 Å². The second-order valence-corrected chi connectivity index (χ2v) is 9.88. The van der Waals surface area contributed by atoms with Gasteiger partial charge in [0, 0.05) is 57.1 Å². The van der Waals surface area contributed by atoms with E-state index in [9.17, 15) is 9.50 Å². The molecule has 0 saturated carbocycles. The Morgan fingerprint density at radius 3 is 2.43 bits per heavy atom. The third-order valence-electron chi connectivity index (χ3n) is 6.99. The summed E-state index contributed by atoms with van der Waals surface area (Å²) in [6, 6.07) is 2.99. The van der Waals surface area contributed by atoms with Gasteiger partial charge >= 0.3 is 0 Å². The number of hydrogen-bond acceptors (Lipinski definition) is 5. The van der Waals surface area contributed by atoms with Crippen molar-refractivity contribution in [1.29, 1.82) is 0 Å². The normalized spacial score (nSPS) is 19.1.